The van der Waals surface area contributed by atoms with E-state index in [0.717, 1.165) is 32.2 Å². The fraction of sp³-hybridized carbons (Fsp3) is 0.900. The molecule has 13 heavy (non-hydrogen) atoms. The second-order valence-corrected chi connectivity index (χ2v) is 4.27. The lowest BCUT2D eigenvalue weighted by Gasteiger charge is -2.33. The van der Waals surface area contributed by atoms with Crippen LogP contribution in [-0.4, -0.2) is 29.4 Å². The third-order valence-electron chi connectivity index (χ3n) is 3.24. The van der Waals surface area contributed by atoms with Crippen LogP contribution in [0.3, 0.4) is 0 Å². The Bertz CT molecular complexity index is 205. The first-order chi connectivity index (χ1) is 6.27. The van der Waals surface area contributed by atoms with Gasteiger partial charge in [0.2, 0.25) is 5.91 Å². The minimum atomic E-state index is 0.326. The third kappa shape index (κ3) is 1.85. The number of likely N-dealkylation sites (tertiary alicyclic amines) is 1. The topological polar surface area (TPSA) is 46.3 Å². The average molecular weight is 182 g/mol. The van der Waals surface area contributed by atoms with Crippen molar-refractivity contribution < 1.29 is 4.79 Å². The van der Waals surface area contributed by atoms with Gasteiger partial charge in [-0.1, -0.05) is 0 Å². The van der Waals surface area contributed by atoms with Crippen LogP contribution in [0, 0.1) is 0 Å². The Morgan fingerprint density at radius 3 is 2.77 bits per heavy atom. The van der Waals surface area contributed by atoms with Gasteiger partial charge in [-0.25, -0.2) is 0 Å². The van der Waals surface area contributed by atoms with Gasteiger partial charge in [-0.2, -0.15) is 0 Å². The zero-order chi connectivity index (χ0) is 9.26. The summed E-state index contributed by atoms with van der Waals surface area (Å²) in [7, 11) is 0. The molecule has 1 aliphatic carbocycles. The zero-order valence-electron chi connectivity index (χ0n) is 8.04. The summed E-state index contributed by atoms with van der Waals surface area (Å²) in [5.74, 6) is 0.346. The first-order valence-electron chi connectivity index (χ1n) is 5.32. The van der Waals surface area contributed by atoms with E-state index in [1.165, 1.54) is 12.8 Å². The molecule has 1 heterocycles. The lowest BCUT2D eigenvalue weighted by atomic mass is 9.91. The molecule has 3 heteroatoms. The van der Waals surface area contributed by atoms with Gasteiger partial charge in [0.05, 0.1) is 0 Å². The largest absolute Gasteiger partial charge is 0.340 e. The monoisotopic (exact) mass is 182 g/mol. The van der Waals surface area contributed by atoms with E-state index in [-0.39, 0.29) is 0 Å². The lowest BCUT2D eigenvalue weighted by Crippen LogP contribution is -2.43. The van der Waals surface area contributed by atoms with Crippen LogP contribution in [0.1, 0.15) is 38.5 Å². The molecule has 2 rings (SSSR count). The van der Waals surface area contributed by atoms with Crippen molar-refractivity contribution in [2.45, 2.75) is 50.6 Å². The Hall–Kier alpha value is -0.570. The molecule has 1 saturated heterocycles. The summed E-state index contributed by atoms with van der Waals surface area (Å²) in [5, 5.41) is 0. The van der Waals surface area contributed by atoms with E-state index in [1.807, 2.05) is 0 Å². The van der Waals surface area contributed by atoms with Crippen LogP contribution in [0.15, 0.2) is 0 Å². The minimum Gasteiger partial charge on any atom is -0.340 e. The zero-order valence-corrected chi connectivity index (χ0v) is 8.04. The highest BCUT2D eigenvalue weighted by Crippen LogP contribution is 2.25. The van der Waals surface area contributed by atoms with Crippen molar-refractivity contribution in [2.24, 2.45) is 5.73 Å². The van der Waals surface area contributed by atoms with Crippen LogP contribution in [0.25, 0.3) is 0 Å². The Kier molecular flexibility index (Phi) is 2.54. The third-order valence-corrected chi connectivity index (χ3v) is 3.24. The van der Waals surface area contributed by atoms with Gasteiger partial charge in [-0.3, -0.25) is 4.79 Å². The second-order valence-electron chi connectivity index (χ2n) is 4.27. The first kappa shape index (κ1) is 9.00. The van der Waals surface area contributed by atoms with Gasteiger partial charge < -0.3 is 10.6 Å². The summed E-state index contributed by atoms with van der Waals surface area (Å²) in [6, 6.07) is 0.783. The van der Waals surface area contributed by atoms with Gasteiger partial charge in [0.25, 0.3) is 0 Å². The Morgan fingerprint density at radius 2 is 2.15 bits per heavy atom. The highest BCUT2D eigenvalue weighted by atomic mass is 16.2. The van der Waals surface area contributed by atoms with Crippen LogP contribution in [-0.2, 0) is 4.79 Å². The Morgan fingerprint density at radius 1 is 1.31 bits per heavy atom. The fourth-order valence-electron chi connectivity index (χ4n) is 2.54. The van der Waals surface area contributed by atoms with Gasteiger partial charge in [0, 0.05) is 25.0 Å². The number of hydrogen-bond donors (Lipinski definition) is 1. The van der Waals surface area contributed by atoms with Crippen molar-refractivity contribution in [3.63, 3.8) is 0 Å². The molecule has 0 aromatic rings. The number of rotatable bonds is 1. The number of carbonyl (C=O) groups excluding carboxylic acids is 1. The van der Waals surface area contributed by atoms with E-state index >= 15 is 0 Å². The van der Waals surface area contributed by atoms with Crippen molar-refractivity contribution in [2.75, 3.05) is 6.54 Å². The van der Waals surface area contributed by atoms with Crippen molar-refractivity contribution in [3.8, 4) is 0 Å². The van der Waals surface area contributed by atoms with Gasteiger partial charge >= 0.3 is 0 Å². The summed E-state index contributed by atoms with van der Waals surface area (Å²) < 4.78 is 0. The summed E-state index contributed by atoms with van der Waals surface area (Å²) in [5.41, 5.74) is 5.90. The molecule has 0 aromatic carbocycles. The highest BCUT2D eigenvalue weighted by molar-refractivity contribution is 5.78. The average Bonchev–Trinajstić information content (AvgIpc) is 2.51. The summed E-state index contributed by atoms with van der Waals surface area (Å²) in [4.78, 5) is 13.5. The van der Waals surface area contributed by atoms with Gasteiger partial charge in [-0.05, 0) is 32.1 Å². The Labute approximate surface area is 79.3 Å². The van der Waals surface area contributed by atoms with Crippen LogP contribution in [0.5, 0.6) is 0 Å². The van der Waals surface area contributed by atoms with Crippen LogP contribution >= 0.6 is 0 Å². The minimum absolute atomic E-state index is 0.326. The van der Waals surface area contributed by atoms with Crippen LogP contribution in [0.4, 0.5) is 0 Å². The van der Waals surface area contributed by atoms with E-state index in [9.17, 15) is 4.79 Å². The molecule has 2 N–H and O–H groups in total. The maximum absolute atomic E-state index is 11.5. The van der Waals surface area contributed by atoms with Gasteiger partial charge in [0.1, 0.15) is 0 Å². The maximum atomic E-state index is 11.5. The van der Waals surface area contributed by atoms with Crippen LogP contribution < -0.4 is 5.73 Å². The van der Waals surface area contributed by atoms with Crippen molar-refractivity contribution in [1.82, 2.24) is 4.90 Å². The van der Waals surface area contributed by atoms with E-state index in [4.69, 9.17) is 5.73 Å². The molecule has 0 spiro atoms. The second kappa shape index (κ2) is 3.66. The summed E-state index contributed by atoms with van der Waals surface area (Å²) in [6.45, 7) is 0.968. The molecule has 3 nitrogen and oxygen atoms in total. The smallest absolute Gasteiger partial charge is 0.222 e. The number of nitrogens with zero attached hydrogens (tertiary/aromatic N) is 1. The van der Waals surface area contributed by atoms with E-state index < -0.39 is 0 Å². The molecular formula is C10H18N2O. The molecule has 1 saturated carbocycles. The van der Waals surface area contributed by atoms with Crippen molar-refractivity contribution >= 4 is 5.91 Å². The number of nitrogens with two attached hydrogens (primary N) is 1. The van der Waals surface area contributed by atoms with Crippen molar-refractivity contribution in [1.29, 1.82) is 0 Å². The predicted octanol–water partition coefficient (Wildman–Crippen LogP) is 0.879. The molecule has 2 atom stereocenters. The summed E-state index contributed by atoms with van der Waals surface area (Å²) >= 11 is 0. The number of hydrogen-bond acceptors (Lipinski definition) is 2. The number of carbonyl (C=O) groups is 1. The quantitative estimate of drug-likeness (QED) is 0.654. The normalized spacial score (nSPS) is 35.5. The van der Waals surface area contributed by atoms with Crippen molar-refractivity contribution in [3.05, 3.63) is 0 Å². The Balaban J connectivity index is 1.95. The molecule has 1 amide bonds. The van der Waals surface area contributed by atoms with E-state index in [2.05, 4.69) is 4.90 Å². The molecular weight excluding hydrogens is 164 g/mol. The highest BCUT2D eigenvalue weighted by Gasteiger charge is 2.30. The van der Waals surface area contributed by atoms with Crippen LogP contribution in [0.2, 0.25) is 0 Å². The van der Waals surface area contributed by atoms with E-state index in [0.29, 0.717) is 18.0 Å². The first-order valence-corrected chi connectivity index (χ1v) is 5.32. The molecule has 1 aliphatic heterocycles. The SMILES string of the molecule is N[C@H]1CCC[C@@H](N2CCCC2=O)C1. The fourth-order valence-corrected chi connectivity index (χ4v) is 2.54. The molecule has 2 fully saturated rings. The molecule has 0 unspecified atom stereocenters. The summed E-state index contributed by atoms with van der Waals surface area (Å²) in [6.07, 6.45) is 6.32. The maximum Gasteiger partial charge on any atom is 0.222 e. The molecule has 0 radical (unpaired) electrons. The number of amides is 1. The van der Waals surface area contributed by atoms with E-state index in [1.54, 1.807) is 0 Å². The molecule has 0 bridgehead atoms. The standard InChI is InChI=1S/C10H18N2O/c11-8-3-1-4-9(7-8)12-6-2-5-10(12)13/h8-9H,1-7,11H2/t8-,9+/m0/s1. The predicted molar refractivity (Wildman–Crippen MR) is 51.2 cm³/mol. The van der Waals surface area contributed by atoms with Gasteiger partial charge in [-0.15, -0.1) is 0 Å². The lowest BCUT2D eigenvalue weighted by molar-refractivity contribution is -0.130. The van der Waals surface area contributed by atoms with Gasteiger partial charge in [0.15, 0.2) is 0 Å². The molecule has 74 valence electrons. The molecule has 2 aliphatic rings. The molecule has 0 aromatic heterocycles.